The van der Waals surface area contributed by atoms with Gasteiger partial charge < -0.3 is 19.7 Å². The fraction of sp³-hybridized carbons (Fsp3) is 0.0833. The molecule has 0 atom stereocenters. The monoisotopic (exact) mass is 404 g/mol. The maximum Gasteiger partial charge on any atom is 0.335 e. The number of carbonyl (C=O) groups is 2. The Morgan fingerprint density at radius 3 is 1.90 bits per heavy atom. The van der Waals surface area contributed by atoms with Gasteiger partial charge in [-0.15, -0.1) is 0 Å². The summed E-state index contributed by atoms with van der Waals surface area (Å²) in [6.07, 6.45) is 1.62. The summed E-state index contributed by atoms with van der Waals surface area (Å²) < 4.78 is 10.4. The van der Waals surface area contributed by atoms with Crippen molar-refractivity contribution in [3.05, 3.63) is 84.9 Å². The Labute approximate surface area is 173 Å². The van der Waals surface area contributed by atoms with Gasteiger partial charge in [0.25, 0.3) is 0 Å². The molecule has 0 unspecified atom stereocenters. The molecule has 0 bridgehead atoms. The third-order valence-electron chi connectivity index (χ3n) is 4.32. The number of carbonyl (C=O) groups excluding carboxylic acids is 2. The van der Waals surface area contributed by atoms with E-state index in [2.05, 4.69) is 6.58 Å². The minimum Gasteiger partial charge on any atom is -0.504 e. The number of benzene rings is 3. The summed E-state index contributed by atoms with van der Waals surface area (Å²) in [6, 6.07) is 18.5. The molecular weight excluding hydrogens is 384 g/mol. The highest BCUT2D eigenvalue weighted by Gasteiger charge is 2.08. The lowest BCUT2D eigenvalue weighted by Gasteiger charge is -2.07. The maximum atomic E-state index is 12.1. The standard InChI is InChI=1S/C24H20O6/c1-2-23(27)29-19-9-5-17(6-10-19)18-7-11-20(12-8-18)30-24(28)14-4-16-3-13-21(25)22(26)15-16/h2-3,5-13,15,25-26H,1,4,14H2. The van der Waals surface area contributed by atoms with Crippen LogP contribution in [0.2, 0.25) is 0 Å². The molecule has 152 valence electrons. The van der Waals surface area contributed by atoms with Gasteiger partial charge in [0.05, 0.1) is 0 Å². The molecular formula is C24H20O6. The summed E-state index contributed by atoms with van der Waals surface area (Å²) in [5, 5.41) is 18.8. The first kappa shape index (κ1) is 20.7. The first-order chi connectivity index (χ1) is 14.4. The van der Waals surface area contributed by atoms with Crippen LogP contribution in [-0.2, 0) is 16.0 Å². The molecule has 0 saturated heterocycles. The molecule has 0 aromatic heterocycles. The Morgan fingerprint density at radius 2 is 1.37 bits per heavy atom. The van der Waals surface area contributed by atoms with Crippen molar-refractivity contribution in [1.82, 2.24) is 0 Å². The van der Waals surface area contributed by atoms with Gasteiger partial charge in [-0.05, 0) is 59.5 Å². The third-order valence-corrected chi connectivity index (χ3v) is 4.32. The van der Waals surface area contributed by atoms with Crippen molar-refractivity contribution in [2.45, 2.75) is 12.8 Å². The van der Waals surface area contributed by atoms with Crippen LogP contribution in [-0.4, -0.2) is 22.2 Å². The number of hydrogen-bond acceptors (Lipinski definition) is 6. The SMILES string of the molecule is C=CC(=O)Oc1ccc(-c2ccc(OC(=O)CCc3ccc(O)c(O)c3)cc2)cc1. The second kappa shape index (κ2) is 9.43. The van der Waals surface area contributed by atoms with E-state index in [1.807, 2.05) is 24.3 Å². The first-order valence-electron chi connectivity index (χ1n) is 9.21. The third kappa shape index (κ3) is 5.48. The zero-order valence-electron chi connectivity index (χ0n) is 16.1. The van der Waals surface area contributed by atoms with Gasteiger partial charge in [-0.25, -0.2) is 4.79 Å². The fourth-order valence-electron chi connectivity index (χ4n) is 2.74. The molecule has 6 nitrogen and oxygen atoms in total. The second-order valence-electron chi connectivity index (χ2n) is 6.47. The summed E-state index contributed by atoms with van der Waals surface area (Å²) >= 11 is 0. The van der Waals surface area contributed by atoms with E-state index in [0.717, 1.165) is 22.8 Å². The molecule has 0 heterocycles. The zero-order chi connectivity index (χ0) is 21.5. The number of rotatable bonds is 7. The summed E-state index contributed by atoms with van der Waals surface area (Å²) in [7, 11) is 0. The van der Waals surface area contributed by atoms with Crippen LogP contribution in [0, 0.1) is 0 Å². The van der Waals surface area contributed by atoms with Crippen LogP contribution >= 0.6 is 0 Å². The lowest BCUT2D eigenvalue weighted by Crippen LogP contribution is -2.08. The quantitative estimate of drug-likeness (QED) is 0.263. The zero-order valence-corrected chi connectivity index (χ0v) is 16.1. The van der Waals surface area contributed by atoms with E-state index in [9.17, 15) is 19.8 Å². The van der Waals surface area contributed by atoms with E-state index in [1.54, 1.807) is 30.3 Å². The van der Waals surface area contributed by atoms with Crippen molar-refractivity contribution in [3.63, 3.8) is 0 Å². The van der Waals surface area contributed by atoms with Crippen molar-refractivity contribution < 1.29 is 29.3 Å². The van der Waals surface area contributed by atoms with Gasteiger partial charge in [0.15, 0.2) is 11.5 Å². The summed E-state index contributed by atoms with van der Waals surface area (Å²) in [5.41, 5.74) is 2.55. The highest BCUT2D eigenvalue weighted by Crippen LogP contribution is 2.26. The van der Waals surface area contributed by atoms with Crippen molar-refractivity contribution in [3.8, 4) is 34.1 Å². The van der Waals surface area contributed by atoms with Gasteiger partial charge in [-0.3, -0.25) is 4.79 Å². The maximum absolute atomic E-state index is 12.1. The molecule has 3 aromatic rings. The molecule has 30 heavy (non-hydrogen) atoms. The van der Waals surface area contributed by atoms with Crippen LogP contribution < -0.4 is 9.47 Å². The Balaban J connectivity index is 1.56. The van der Waals surface area contributed by atoms with Crippen molar-refractivity contribution in [2.75, 3.05) is 0 Å². The average Bonchev–Trinajstić information content (AvgIpc) is 2.75. The smallest absolute Gasteiger partial charge is 0.335 e. The van der Waals surface area contributed by atoms with E-state index in [1.165, 1.54) is 12.1 Å². The molecule has 0 aliphatic carbocycles. The molecule has 2 N–H and O–H groups in total. The Hall–Kier alpha value is -4.06. The molecule has 6 heteroatoms. The number of aromatic hydroxyl groups is 2. The Bertz CT molecular complexity index is 1050. The van der Waals surface area contributed by atoms with Crippen LogP contribution in [0.15, 0.2) is 79.4 Å². The van der Waals surface area contributed by atoms with E-state index >= 15 is 0 Å². The second-order valence-corrected chi connectivity index (χ2v) is 6.47. The van der Waals surface area contributed by atoms with Gasteiger partial charge in [0, 0.05) is 12.5 Å². The summed E-state index contributed by atoms with van der Waals surface area (Å²) in [4.78, 5) is 23.3. The van der Waals surface area contributed by atoms with Crippen LogP contribution in [0.25, 0.3) is 11.1 Å². The number of hydrogen-bond donors (Lipinski definition) is 2. The van der Waals surface area contributed by atoms with Crippen LogP contribution in [0.1, 0.15) is 12.0 Å². The molecule has 0 fully saturated rings. The molecule has 0 amide bonds. The van der Waals surface area contributed by atoms with Crippen molar-refractivity contribution in [2.24, 2.45) is 0 Å². The van der Waals surface area contributed by atoms with Crippen molar-refractivity contribution >= 4 is 11.9 Å². The lowest BCUT2D eigenvalue weighted by atomic mass is 10.1. The predicted molar refractivity (Wildman–Crippen MR) is 111 cm³/mol. The molecule has 0 radical (unpaired) electrons. The molecule has 3 rings (SSSR count). The molecule has 0 spiro atoms. The number of phenols is 2. The predicted octanol–water partition coefficient (Wildman–Crippen LogP) is 4.39. The highest BCUT2D eigenvalue weighted by atomic mass is 16.5. The van der Waals surface area contributed by atoms with Crippen LogP contribution in [0.3, 0.4) is 0 Å². The minimum absolute atomic E-state index is 0.136. The summed E-state index contributed by atoms with van der Waals surface area (Å²) in [6.45, 7) is 3.35. The molecule has 0 saturated carbocycles. The fourth-order valence-corrected chi connectivity index (χ4v) is 2.74. The number of esters is 2. The average molecular weight is 404 g/mol. The van der Waals surface area contributed by atoms with Gasteiger partial charge >= 0.3 is 11.9 Å². The number of ether oxygens (including phenoxy) is 2. The Kier molecular flexibility index (Phi) is 6.49. The normalized spacial score (nSPS) is 10.3. The van der Waals surface area contributed by atoms with Crippen LogP contribution in [0.4, 0.5) is 0 Å². The van der Waals surface area contributed by atoms with Gasteiger partial charge in [-0.1, -0.05) is 36.9 Å². The van der Waals surface area contributed by atoms with Crippen molar-refractivity contribution in [1.29, 1.82) is 0 Å². The van der Waals surface area contributed by atoms with E-state index in [-0.39, 0.29) is 17.9 Å². The van der Waals surface area contributed by atoms with Gasteiger partial charge in [0.1, 0.15) is 11.5 Å². The molecule has 0 aliphatic heterocycles. The molecule has 0 aliphatic rings. The van der Waals surface area contributed by atoms with Crippen LogP contribution in [0.5, 0.6) is 23.0 Å². The number of aryl methyl sites for hydroxylation is 1. The first-order valence-corrected chi connectivity index (χ1v) is 9.21. The van der Waals surface area contributed by atoms with Gasteiger partial charge in [0.2, 0.25) is 0 Å². The number of phenolic OH excluding ortho intramolecular Hbond substituents is 2. The Morgan fingerprint density at radius 1 is 0.800 bits per heavy atom. The van der Waals surface area contributed by atoms with E-state index in [0.29, 0.717) is 17.9 Å². The van der Waals surface area contributed by atoms with E-state index in [4.69, 9.17) is 9.47 Å². The largest absolute Gasteiger partial charge is 0.504 e. The lowest BCUT2D eigenvalue weighted by molar-refractivity contribution is -0.134. The topological polar surface area (TPSA) is 93.1 Å². The van der Waals surface area contributed by atoms with E-state index < -0.39 is 11.9 Å². The molecule has 3 aromatic carbocycles. The highest BCUT2D eigenvalue weighted by molar-refractivity contribution is 5.83. The summed E-state index contributed by atoms with van der Waals surface area (Å²) in [5.74, 6) is -0.484. The minimum atomic E-state index is -0.517. The van der Waals surface area contributed by atoms with Gasteiger partial charge in [-0.2, -0.15) is 0 Å².